The molecule has 2 fully saturated rings. The zero-order chi connectivity index (χ0) is 26.3. The Kier molecular flexibility index (Phi) is 6.62. The summed E-state index contributed by atoms with van der Waals surface area (Å²) in [4.78, 5) is 51.6. The number of ether oxygens (including phenoxy) is 2. The number of carbonyl (C=O) groups is 3. The van der Waals surface area contributed by atoms with E-state index in [9.17, 15) is 24.5 Å². The zero-order valence-corrected chi connectivity index (χ0v) is 20.7. The number of benzene rings is 2. The molecule has 14 heteroatoms. The van der Waals surface area contributed by atoms with E-state index in [0.29, 0.717) is 22.7 Å². The highest BCUT2D eigenvalue weighted by molar-refractivity contribution is 8.00. The van der Waals surface area contributed by atoms with Crippen molar-refractivity contribution in [2.24, 2.45) is 5.92 Å². The predicted molar refractivity (Wildman–Crippen MR) is 133 cm³/mol. The molecule has 0 aliphatic carbocycles. The van der Waals surface area contributed by atoms with Crippen LogP contribution in [0.4, 0.5) is 16.2 Å². The van der Waals surface area contributed by atoms with Crippen molar-refractivity contribution in [1.82, 2.24) is 20.4 Å². The molecule has 0 aromatic heterocycles. The van der Waals surface area contributed by atoms with E-state index in [1.165, 1.54) is 35.8 Å². The summed E-state index contributed by atoms with van der Waals surface area (Å²) < 4.78 is 10.6. The van der Waals surface area contributed by atoms with E-state index in [0.717, 1.165) is 4.90 Å². The lowest BCUT2D eigenvalue weighted by atomic mass is 9.96. The van der Waals surface area contributed by atoms with Crippen molar-refractivity contribution in [1.29, 1.82) is 0 Å². The van der Waals surface area contributed by atoms with Gasteiger partial charge in [-0.15, -0.1) is 11.8 Å². The molecule has 0 radical (unpaired) electrons. The summed E-state index contributed by atoms with van der Waals surface area (Å²) in [5.41, 5.74) is 1.19. The van der Waals surface area contributed by atoms with Gasteiger partial charge >= 0.3 is 6.03 Å². The van der Waals surface area contributed by atoms with Gasteiger partial charge in [-0.3, -0.25) is 35.2 Å². The van der Waals surface area contributed by atoms with Gasteiger partial charge in [-0.1, -0.05) is 0 Å². The van der Waals surface area contributed by atoms with E-state index in [1.54, 1.807) is 37.4 Å². The van der Waals surface area contributed by atoms with Gasteiger partial charge in [0.2, 0.25) is 18.6 Å². The lowest BCUT2D eigenvalue weighted by Crippen LogP contribution is -2.72. The highest BCUT2D eigenvalue weighted by Gasteiger charge is 2.51. The number of nitrogens with one attached hydrogen (secondary N) is 3. The van der Waals surface area contributed by atoms with Gasteiger partial charge < -0.3 is 19.7 Å². The minimum atomic E-state index is -0.676. The Morgan fingerprint density at radius 1 is 1.14 bits per heavy atom. The lowest BCUT2D eigenvalue weighted by molar-refractivity contribution is -0.384. The summed E-state index contributed by atoms with van der Waals surface area (Å²) in [6.45, 7) is 0.127. The second-order valence-corrected chi connectivity index (χ2v) is 9.85. The number of amides is 4. The van der Waals surface area contributed by atoms with E-state index in [-0.39, 0.29) is 30.0 Å². The minimum Gasteiger partial charge on any atom is -0.454 e. The fourth-order valence-electron chi connectivity index (χ4n) is 4.52. The first-order chi connectivity index (χ1) is 17.7. The van der Waals surface area contributed by atoms with E-state index in [4.69, 9.17) is 9.47 Å². The summed E-state index contributed by atoms with van der Waals surface area (Å²) in [5, 5.41) is 19.9. The Balaban J connectivity index is 1.33. The van der Waals surface area contributed by atoms with Crippen LogP contribution in [0, 0.1) is 16.0 Å². The molecule has 0 saturated carbocycles. The number of hydrogen-bond acceptors (Lipinski definition) is 10. The minimum absolute atomic E-state index is 0.0248. The van der Waals surface area contributed by atoms with Gasteiger partial charge in [0.05, 0.1) is 34.3 Å². The topological polar surface area (TPSA) is 155 Å². The van der Waals surface area contributed by atoms with Crippen LogP contribution < -0.4 is 25.4 Å². The number of hydrogen-bond donors (Lipinski definition) is 3. The molecule has 0 bridgehead atoms. The molecule has 4 atom stereocenters. The second kappa shape index (κ2) is 9.88. The molecular weight excluding hydrogens is 504 g/mol. The maximum Gasteiger partial charge on any atom is 0.327 e. The van der Waals surface area contributed by atoms with Crippen molar-refractivity contribution in [2.75, 3.05) is 32.0 Å². The molecule has 194 valence electrons. The third-order valence-electron chi connectivity index (χ3n) is 6.44. The molecule has 2 aromatic carbocycles. The van der Waals surface area contributed by atoms with Crippen molar-refractivity contribution < 1.29 is 28.8 Å². The normalized spacial score (nSPS) is 24.6. The largest absolute Gasteiger partial charge is 0.454 e. The molecule has 3 aliphatic heterocycles. The van der Waals surface area contributed by atoms with Crippen LogP contribution in [0.5, 0.6) is 11.5 Å². The molecule has 3 heterocycles. The van der Waals surface area contributed by atoms with Crippen LogP contribution in [0.15, 0.2) is 42.5 Å². The maximum atomic E-state index is 13.1. The fraction of sp³-hybridized carbons (Fsp3) is 0.348. The van der Waals surface area contributed by atoms with E-state index >= 15 is 0 Å². The zero-order valence-electron chi connectivity index (χ0n) is 19.9. The van der Waals surface area contributed by atoms with Gasteiger partial charge in [0.1, 0.15) is 0 Å². The van der Waals surface area contributed by atoms with Crippen LogP contribution in [0.2, 0.25) is 0 Å². The standard InChI is InChI=1S/C23H24N6O7S/c1-27-20-18(22(31)28(2)23(27)32)21(26-19(25-20)12-3-6-14(7-4-12)29(33)34)37-10-17(30)24-13-5-8-15-16(9-13)36-11-35-15/h3-9,18-21,25-26H,10-11H2,1-2H3,(H,24,30). The van der Waals surface area contributed by atoms with Gasteiger partial charge in [0, 0.05) is 38.0 Å². The number of urea groups is 1. The monoisotopic (exact) mass is 528 g/mol. The maximum absolute atomic E-state index is 13.1. The third kappa shape index (κ3) is 4.77. The number of rotatable bonds is 6. The van der Waals surface area contributed by atoms with Crippen LogP contribution >= 0.6 is 11.8 Å². The van der Waals surface area contributed by atoms with Crippen LogP contribution in [-0.2, 0) is 9.59 Å². The molecule has 2 saturated heterocycles. The smallest absolute Gasteiger partial charge is 0.327 e. The molecule has 5 rings (SSSR count). The third-order valence-corrected chi connectivity index (χ3v) is 7.66. The second-order valence-electron chi connectivity index (χ2n) is 8.72. The van der Waals surface area contributed by atoms with Crippen molar-refractivity contribution in [3.8, 4) is 11.5 Å². The molecule has 2 aromatic rings. The van der Waals surface area contributed by atoms with Crippen molar-refractivity contribution in [3.63, 3.8) is 0 Å². The number of imide groups is 1. The van der Waals surface area contributed by atoms with Crippen molar-refractivity contribution in [2.45, 2.75) is 17.7 Å². The van der Waals surface area contributed by atoms with Crippen LogP contribution in [-0.4, -0.2) is 70.7 Å². The van der Waals surface area contributed by atoms with Gasteiger partial charge in [-0.2, -0.15) is 0 Å². The number of carbonyl (C=O) groups excluding carboxylic acids is 3. The first-order valence-electron chi connectivity index (χ1n) is 11.3. The SMILES string of the molecule is CN1C(=O)C2C(SCC(=O)Nc3ccc4c(c3)OCO4)NC(c3ccc([N+](=O)[O-])cc3)NC2N(C)C1=O. The Morgan fingerprint density at radius 2 is 1.86 bits per heavy atom. The molecular formula is C23H24N6O7S. The molecule has 0 spiro atoms. The summed E-state index contributed by atoms with van der Waals surface area (Å²) in [7, 11) is 3.02. The number of fused-ring (bicyclic) bond motifs is 2. The van der Waals surface area contributed by atoms with Gasteiger partial charge in [-0.25, -0.2) is 4.79 Å². The van der Waals surface area contributed by atoms with Crippen LogP contribution in [0.25, 0.3) is 0 Å². The Bertz CT molecular complexity index is 1260. The summed E-state index contributed by atoms with van der Waals surface area (Å²) in [6, 6.07) is 10.6. The van der Waals surface area contributed by atoms with Gasteiger partial charge in [0.25, 0.3) is 5.69 Å². The Hall–Kier alpha value is -3.88. The Morgan fingerprint density at radius 3 is 2.59 bits per heavy atom. The van der Waals surface area contributed by atoms with E-state index in [2.05, 4.69) is 16.0 Å². The molecule has 4 unspecified atom stereocenters. The molecule has 3 N–H and O–H groups in total. The fourth-order valence-corrected chi connectivity index (χ4v) is 5.62. The summed E-state index contributed by atoms with van der Waals surface area (Å²) >= 11 is 1.24. The predicted octanol–water partition coefficient (Wildman–Crippen LogP) is 1.68. The van der Waals surface area contributed by atoms with Crippen molar-refractivity contribution in [3.05, 3.63) is 58.1 Å². The highest BCUT2D eigenvalue weighted by atomic mass is 32.2. The highest BCUT2D eigenvalue weighted by Crippen LogP contribution is 2.36. The first kappa shape index (κ1) is 24.8. The molecule has 4 amide bonds. The number of anilines is 1. The number of nitro groups is 1. The summed E-state index contributed by atoms with van der Waals surface area (Å²) in [6.07, 6.45) is -1.17. The van der Waals surface area contributed by atoms with Crippen LogP contribution in [0.1, 0.15) is 11.7 Å². The summed E-state index contributed by atoms with van der Waals surface area (Å²) in [5.74, 6) is -0.157. The van der Waals surface area contributed by atoms with Gasteiger partial charge in [0.15, 0.2) is 11.5 Å². The number of nitrogens with zero attached hydrogens (tertiary/aromatic N) is 3. The quantitative estimate of drug-likeness (QED) is 0.372. The van der Waals surface area contributed by atoms with Crippen LogP contribution in [0.3, 0.4) is 0 Å². The number of thioether (sulfide) groups is 1. The molecule has 37 heavy (non-hydrogen) atoms. The molecule has 3 aliphatic rings. The van der Waals surface area contributed by atoms with E-state index in [1.807, 2.05) is 0 Å². The first-order valence-corrected chi connectivity index (χ1v) is 12.4. The average molecular weight is 529 g/mol. The van der Waals surface area contributed by atoms with E-state index < -0.39 is 34.6 Å². The Labute approximate surface area is 215 Å². The van der Waals surface area contributed by atoms with Gasteiger partial charge in [-0.05, 0) is 29.8 Å². The lowest BCUT2D eigenvalue weighted by Gasteiger charge is -2.50. The number of nitro benzene ring substituents is 1. The average Bonchev–Trinajstić information content (AvgIpc) is 3.37. The van der Waals surface area contributed by atoms with Crippen molar-refractivity contribution >= 4 is 41.0 Å². The number of non-ortho nitro benzene ring substituents is 1. The molecule has 13 nitrogen and oxygen atoms in total.